The number of nitrogens with zero attached hydrogens (tertiary/aromatic N) is 3. The number of β-amino-alcohol motifs (C(OH)–C–C–N with tert-alkyl or cyclic N) is 1. The minimum atomic E-state index is -4.38. The van der Waals surface area contributed by atoms with Crippen molar-refractivity contribution in [1.82, 2.24) is 9.78 Å². The van der Waals surface area contributed by atoms with Crippen LogP contribution in [0.1, 0.15) is 41.9 Å². The van der Waals surface area contributed by atoms with Gasteiger partial charge in [-0.3, -0.25) is 4.68 Å². The molecule has 0 radical (unpaired) electrons. The van der Waals surface area contributed by atoms with Crippen LogP contribution in [0, 0.1) is 6.92 Å². The average Bonchev–Trinajstić information content (AvgIpc) is 3.11. The molecule has 3 aromatic rings. The summed E-state index contributed by atoms with van der Waals surface area (Å²) in [5.74, 6) is -0.562. The number of benzene rings is 2. The van der Waals surface area contributed by atoms with E-state index in [4.69, 9.17) is 0 Å². The lowest BCUT2D eigenvalue weighted by Crippen LogP contribution is -2.50. The molecule has 1 aliphatic rings. The largest absolute Gasteiger partial charge is 0.397 e. The third kappa shape index (κ3) is 4.87. The maximum atomic E-state index is 14.9. The fraction of sp³-hybridized carbons (Fsp3) is 0.346. The predicted octanol–water partition coefficient (Wildman–Crippen LogP) is 5.73. The number of anilines is 1. The summed E-state index contributed by atoms with van der Waals surface area (Å²) in [5, 5.41) is 13.9. The van der Waals surface area contributed by atoms with Gasteiger partial charge in [0.15, 0.2) is 5.83 Å². The van der Waals surface area contributed by atoms with E-state index >= 15 is 0 Å². The molecule has 0 saturated carbocycles. The van der Waals surface area contributed by atoms with E-state index in [0.717, 1.165) is 30.8 Å². The van der Waals surface area contributed by atoms with E-state index in [0.29, 0.717) is 25.2 Å². The van der Waals surface area contributed by atoms with Crippen LogP contribution in [0.4, 0.5) is 23.2 Å². The standard InChI is InChI=1S/C26H27F4N3O/c1-17-11-24(23(27)13-18-7-9-20(10-8-18)25(2,3)26(28,29)30)31-33(17)14-19-5-4-6-21(12-19)32-15-22(34)16-32/h4-13,22,34H,14-16H2,1-3H3/b23-13-. The van der Waals surface area contributed by atoms with Crippen LogP contribution < -0.4 is 4.90 Å². The smallest absolute Gasteiger partial charge is 0.389 e. The van der Waals surface area contributed by atoms with Gasteiger partial charge in [-0.15, -0.1) is 0 Å². The molecule has 0 spiro atoms. The Morgan fingerprint density at radius 2 is 1.76 bits per heavy atom. The molecule has 0 aliphatic carbocycles. The highest BCUT2D eigenvalue weighted by Crippen LogP contribution is 2.40. The number of halogens is 4. The Labute approximate surface area is 196 Å². The Balaban J connectivity index is 1.49. The molecule has 1 fully saturated rings. The third-order valence-corrected chi connectivity index (χ3v) is 6.33. The lowest BCUT2D eigenvalue weighted by atomic mass is 9.83. The average molecular weight is 474 g/mol. The van der Waals surface area contributed by atoms with Crippen molar-refractivity contribution in [3.63, 3.8) is 0 Å². The zero-order valence-electron chi connectivity index (χ0n) is 19.3. The number of aliphatic hydroxyl groups excluding tert-OH is 1. The number of hydrogen-bond acceptors (Lipinski definition) is 3. The Kier molecular flexibility index (Phi) is 6.29. The van der Waals surface area contributed by atoms with Crippen molar-refractivity contribution in [3.05, 3.63) is 82.7 Å². The molecule has 1 aliphatic heterocycles. The summed E-state index contributed by atoms with van der Waals surface area (Å²) >= 11 is 0. The van der Waals surface area contributed by atoms with Gasteiger partial charge < -0.3 is 10.0 Å². The normalized spacial score (nSPS) is 15.5. The van der Waals surface area contributed by atoms with Crippen LogP contribution in [0.25, 0.3) is 11.9 Å². The SMILES string of the molecule is Cc1cc(/C(F)=C/c2ccc(C(C)(C)C(F)(F)F)cc2)nn1Cc1cccc(N2CC(O)C2)c1. The minimum absolute atomic E-state index is 0.118. The van der Waals surface area contributed by atoms with Gasteiger partial charge >= 0.3 is 6.18 Å². The molecule has 180 valence electrons. The summed E-state index contributed by atoms with van der Waals surface area (Å²) in [6.07, 6.45) is -3.40. The molecule has 1 N–H and O–H groups in total. The number of alkyl halides is 3. The number of rotatable bonds is 6. The maximum Gasteiger partial charge on any atom is 0.397 e. The summed E-state index contributed by atoms with van der Waals surface area (Å²) in [4.78, 5) is 2.08. The number of aliphatic hydroxyl groups is 1. The van der Waals surface area contributed by atoms with Crippen molar-refractivity contribution in [2.75, 3.05) is 18.0 Å². The molecule has 34 heavy (non-hydrogen) atoms. The maximum absolute atomic E-state index is 14.9. The first-order valence-corrected chi connectivity index (χ1v) is 11.1. The second-order valence-corrected chi connectivity index (χ2v) is 9.29. The molecular formula is C26H27F4N3O. The zero-order valence-corrected chi connectivity index (χ0v) is 19.3. The highest BCUT2D eigenvalue weighted by atomic mass is 19.4. The second-order valence-electron chi connectivity index (χ2n) is 9.29. The van der Waals surface area contributed by atoms with Crippen molar-refractivity contribution < 1.29 is 22.7 Å². The van der Waals surface area contributed by atoms with E-state index in [9.17, 15) is 22.7 Å². The van der Waals surface area contributed by atoms with Gasteiger partial charge in [0.1, 0.15) is 5.69 Å². The van der Waals surface area contributed by atoms with Crippen LogP contribution in [0.3, 0.4) is 0 Å². The molecule has 2 heterocycles. The van der Waals surface area contributed by atoms with Crippen molar-refractivity contribution in [2.24, 2.45) is 0 Å². The monoisotopic (exact) mass is 473 g/mol. The first-order chi connectivity index (χ1) is 15.9. The van der Waals surface area contributed by atoms with Gasteiger partial charge in [-0.1, -0.05) is 36.4 Å². The Bertz CT molecular complexity index is 1190. The molecule has 1 aromatic heterocycles. The van der Waals surface area contributed by atoms with Gasteiger partial charge in [0.25, 0.3) is 0 Å². The number of hydrogen-bond donors (Lipinski definition) is 1. The minimum Gasteiger partial charge on any atom is -0.389 e. The molecule has 2 aromatic carbocycles. The van der Waals surface area contributed by atoms with Crippen LogP contribution in [0.2, 0.25) is 0 Å². The van der Waals surface area contributed by atoms with E-state index in [1.54, 1.807) is 10.7 Å². The third-order valence-electron chi connectivity index (χ3n) is 6.33. The van der Waals surface area contributed by atoms with Crippen molar-refractivity contribution in [1.29, 1.82) is 0 Å². The van der Waals surface area contributed by atoms with E-state index in [1.807, 2.05) is 31.2 Å². The molecule has 4 nitrogen and oxygen atoms in total. The van der Waals surface area contributed by atoms with Crippen molar-refractivity contribution >= 4 is 17.6 Å². The summed E-state index contributed by atoms with van der Waals surface area (Å²) < 4.78 is 56.4. The molecular weight excluding hydrogens is 446 g/mol. The highest BCUT2D eigenvalue weighted by molar-refractivity contribution is 5.75. The fourth-order valence-electron chi connectivity index (χ4n) is 3.86. The fourth-order valence-corrected chi connectivity index (χ4v) is 3.86. The highest BCUT2D eigenvalue weighted by Gasteiger charge is 2.48. The molecule has 4 rings (SSSR count). The first-order valence-electron chi connectivity index (χ1n) is 11.1. The summed E-state index contributed by atoms with van der Waals surface area (Å²) in [6, 6.07) is 15.3. The van der Waals surface area contributed by atoms with Gasteiger partial charge in [-0.05, 0) is 61.7 Å². The van der Waals surface area contributed by atoms with E-state index in [1.165, 1.54) is 30.3 Å². The Morgan fingerprint density at radius 1 is 1.09 bits per heavy atom. The van der Waals surface area contributed by atoms with Gasteiger partial charge in [-0.25, -0.2) is 4.39 Å². The summed E-state index contributed by atoms with van der Waals surface area (Å²) in [6.45, 7) is 5.77. The number of aromatic nitrogens is 2. The van der Waals surface area contributed by atoms with Crippen molar-refractivity contribution in [2.45, 2.75) is 45.0 Å². The van der Waals surface area contributed by atoms with E-state index < -0.39 is 17.4 Å². The van der Waals surface area contributed by atoms with Crippen LogP contribution in [0.15, 0.2) is 54.6 Å². The van der Waals surface area contributed by atoms with Crippen LogP contribution in [0.5, 0.6) is 0 Å². The lowest BCUT2D eigenvalue weighted by molar-refractivity contribution is -0.180. The molecule has 0 atom stereocenters. The van der Waals surface area contributed by atoms with E-state index in [2.05, 4.69) is 10.00 Å². The summed E-state index contributed by atoms with van der Waals surface area (Å²) in [5.41, 5.74) is 1.56. The quantitative estimate of drug-likeness (QED) is 0.465. The molecule has 0 bridgehead atoms. The predicted molar refractivity (Wildman–Crippen MR) is 125 cm³/mol. The molecule has 0 amide bonds. The number of aryl methyl sites for hydroxylation is 1. The lowest BCUT2D eigenvalue weighted by Gasteiger charge is -2.38. The zero-order chi connectivity index (χ0) is 24.7. The summed E-state index contributed by atoms with van der Waals surface area (Å²) in [7, 11) is 0. The van der Waals surface area contributed by atoms with Crippen LogP contribution in [-0.2, 0) is 12.0 Å². The first kappa shape index (κ1) is 24.0. The molecule has 1 saturated heterocycles. The Morgan fingerprint density at radius 3 is 2.38 bits per heavy atom. The topological polar surface area (TPSA) is 41.3 Å². The molecule has 8 heteroatoms. The van der Waals surface area contributed by atoms with Crippen LogP contribution >= 0.6 is 0 Å². The van der Waals surface area contributed by atoms with Gasteiger partial charge in [0.05, 0.1) is 18.1 Å². The Hall–Kier alpha value is -3.13. The second kappa shape index (κ2) is 8.91. The van der Waals surface area contributed by atoms with Gasteiger partial charge in [0, 0.05) is 24.5 Å². The van der Waals surface area contributed by atoms with Gasteiger partial charge in [-0.2, -0.15) is 18.3 Å². The molecule has 0 unspecified atom stereocenters. The van der Waals surface area contributed by atoms with Gasteiger partial charge in [0.2, 0.25) is 0 Å². The van der Waals surface area contributed by atoms with Crippen LogP contribution in [-0.4, -0.2) is 40.3 Å². The van der Waals surface area contributed by atoms with Crippen molar-refractivity contribution in [3.8, 4) is 0 Å². The van der Waals surface area contributed by atoms with E-state index in [-0.39, 0.29) is 17.4 Å².